The first-order valence-electron chi connectivity index (χ1n) is 8.76. The Kier molecular flexibility index (Phi) is 5.95. The van der Waals surface area contributed by atoms with E-state index in [2.05, 4.69) is 12.2 Å². The molecule has 2 atom stereocenters. The van der Waals surface area contributed by atoms with Gasteiger partial charge in [0.2, 0.25) is 0 Å². The highest BCUT2D eigenvalue weighted by Gasteiger charge is 2.22. The van der Waals surface area contributed by atoms with Gasteiger partial charge in [-0.3, -0.25) is 4.79 Å². The zero-order valence-electron chi connectivity index (χ0n) is 14.4. The quantitative estimate of drug-likeness (QED) is 0.859. The van der Waals surface area contributed by atoms with Crippen molar-refractivity contribution in [1.82, 2.24) is 0 Å². The van der Waals surface area contributed by atoms with Crippen LogP contribution in [-0.2, 0) is 4.79 Å². The van der Waals surface area contributed by atoms with Crippen LogP contribution in [0.25, 0.3) is 0 Å². The second-order valence-corrected chi connectivity index (χ2v) is 7.17. The molecular formula is C20H24ClN2O2+. The van der Waals surface area contributed by atoms with Crippen LogP contribution < -0.4 is 15.0 Å². The maximum atomic E-state index is 12.5. The monoisotopic (exact) mass is 359 g/mol. The van der Waals surface area contributed by atoms with Gasteiger partial charge in [-0.05, 0) is 43.2 Å². The summed E-state index contributed by atoms with van der Waals surface area (Å²) >= 11 is 6.10. The Morgan fingerprint density at radius 3 is 2.84 bits per heavy atom. The molecule has 132 valence electrons. The van der Waals surface area contributed by atoms with E-state index in [4.69, 9.17) is 16.3 Å². The van der Waals surface area contributed by atoms with Crippen LogP contribution in [0.4, 0.5) is 5.69 Å². The zero-order valence-corrected chi connectivity index (χ0v) is 15.2. The predicted octanol–water partition coefficient (Wildman–Crippen LogP) is 3.39. The van der Waals surface area contributed by atoms with E-state index >= 15 is 0 Å². The topological polar surface area (TPSA) is 42.8 Å². The molecule has 0 bridgehead atoms. The number of likely N-dealkylation sites (tertiary alicyclic amines) is 1. The molecule has 1 aliphatic heterocycles. The SMILES string of the molecule is C[C@@H]1CCC[NH+](CC(=O)Nc2cc(Cl)ccc2Oc2ccccc2)C1. The maximum absolute atomic E-state index is 12.5. The number of quaternary nitrogens is 1. The standard InChI is InChI=1S/C20H23ClN2O2/c1-15-6-5-11-23(13-15)14-20(24)22-18-12-16(21)9-10-19(18)25-17-7-3-2-4-8-17/h2-4,7-10,12,15H,5-6,11,13-14H2,1H3,(H,22,24)/p+1/t15-/m1/s1. The molecule has 25 heavy (non-hydrogen) atoms. The molecular weight excluding hydrogens is 336 g/mol. The number of para-hydroxylation sites is 1. The molecule has 1 fully saturated rings. The fraction of sp³-hybridized carbons (Fsp3) is 0.350. The summed E-state index contributed by atoms with van der Waals surface area (Å²) in [4.78, 5) is 13.8. The summed E-state index contributed by atoms with van der Waals surface area (Å²) in [5.41, 5.74) is 0.603. The van der Waals surface area contributed by atoms with Crippen molar-refractivity contribution in [1.29, 1.82) is 0 Å². The van der Waals surface area contributed by atoms with Gasteiger partial charge in [-0.25, -0.2) is 0 Å². The predicted molar refractivity (Wildman–Crippen MR) is 101 cm³/mol. The molecule has 1 saturated heterocycles. The summed E-state index contributed by atoms with van der Waals surface area (Å²) in [6, 6.07) is 14.8. The lowest BCUT2D eigenvalue weighted by Crippen LogP contribution is -3.14. The number of rotatable bonds is 5. The van der Waals surface area contributed by atoms with E-state index in [0.717, 1.165) is 18.8 Å². The van der Waals surface area contributed by atoms with Crippen LogP contribution in [0.3, 0.4) is 0 Å². The lowest BCUT2D eigenvalue weighted by molar-refractivity contribution is -0.900. The molecule has 5 heteroatoms. The van der Waals surface area contributed by atoms with Crippen molar-refractivity contribution in [3.05, 3.63) is 53.6 Å². The van der Waals surface area contributed by atoms with Crippen molar-refractivity contribution < 1.29 is 14.4 Å². The van der Waals surface area contributed by atoms with Crippen LogP contribution >= 0.6 is 11.6 Å². The Hall–Kier alpha value is -2.04. The number of benzene rings is 2. The van der Waals surface area contributed by atoms with Crippen LogP contribution in [0.1, 0.15) is 19.8 Å². The fourth-order valence-corrected chi connectivity index (χ4v) is 3.46. The van der Waals surface area contributed by atoms with Crippen LogP contribution in [0.5, 0.6) is 11.5 Å². The highest BCUT2D eigenvalue weighted by Crippen LogP contribution is 2.31. The summed E-state index contributed by atoms with van der Waals surface area (Å²) in [6.07, 6.45) is 2.44. The minimum atomic E-state index is -0.00993. The van der Waals surface area contributed by atoms with Crippen molar-refractivity contribution in [3.63, 3.8) is 0 Å². The van der Waals surface area contributed by atoms with Crippen molar-refractivity contribution in [2.75, 3.05) is 25.0 Å². The Bertz CT molecular complexity index is 721. The number of halogens is 1. The number of hydrogen-bond donors (Lipinski definition) is 2. The van der Waals surface area contributed by atoms with E-state index in [9.17, 15) is 4.79 Å². The lowest BCUT2D eigenvalue weighted by atomic mass is 10.0. The third-order valence-electron chi connectivity index (χ3n) is 4.46. The average molecular weight is 360 g/mol. The average Bonchev–Trinajstić information content (AvgIpc) is 2.58. The number of carbonyl (C=O) groups excluding carboxylic acids is 1. The van der Waals surface area contributed by atoms with Crippen molar-refractivity contribution >= 4 is 23.2 Å². The van der Waals surface area contributed by atoms with Gasteiger partial charge in [0.05, 0.1) is 18.8 Å². The fourth-order valence-electron chi connectivity index (χ4n) is 3.28. The number of ether oxygens (including phenoxy) is 1. The first-order valence-corrected chi connectivity index (χ1v) is 9.14. The lowest BCUT2D eigenvalue weighted by Gasteiger charge is -2.27. The molecule has 0 spiro atoms. The Labute approximate surface area is 153 Å². The molecule has 2 aromatic carbocycles. The smallest absolute Gasteiger partial charge is 0.279 e. The first kappa shape index (κ1) is 17.8. The molecule has 2 N–H and O–H groups in total. The van der Waals surface area contributed by atoms with Gasteiger partial charge in [0, 0.05) is 10.9 Å². The highest BCUT2D eigenvalue weighted by molar-refractivity contribution is 6.31. The van der Waals surface area contributed by atoms with E-state index in [0.29, 0.717) is 28.9 Å². The second-order valence-electron chi connectivity index (χ2n) is 6.73. The van der Waals surface area contributed by atoms with Crippen molar-refractivity contribution in [3.8, 4) is 11.5 Å². The van der Waals surface area contributed by atoms with Gasteiger partial charge in [0.15, 0.2) is 12.3 Å². The number of hydrogen-bond acceptors (Lipinski definition) is 2. The zero-order chi connectivity index (χ0) is 17.6. The summed E-state index contributed by atoms with van der Waals surface area (Å²) in [6.45, 7) is 4.83. The summed E-state index contributed by atoms with van der Waals surface area (Å²) in [7, 11) is 0. The van der Waals surface area contributed by atoms with Crippen LogP contribution in [-0.4, -0.2) is 25.5 Å². The number of anilines is 1. The van der Waals surface area contributed by atoms with Crippen LogP contribution in [0.15, 0.2) is 48.5 Å². The molecule has 1 unspecified atom stereocenters. The van der Waals surface area contributed by atoms with E-state index < -0.39 is 0 Å². The Morgan fingerprint density at radius 2 is 2.08 bits per heavy atom. The first-order chi connectivity index (χ1) is 12.1. The highest BCUT2D eigenvalue weighted by atomic mass is 35.5. The molecule has 1 heterocycles. The van der Waals surface area contributed by atoms with E-state index in [1.165, 1.54) is 17.7 Å². The van der Waals surface area contributed by atoms with Gasteiger partial charge in [-0.2, -0.15) is 0 Å². The summed E-state index contributed by atoms with van der Waals surface area (Å²) in [5.74, 6) is 1.98. The van der Waals surface area contributed by atoms with Gasteiger partial charge in [0.25, 0.3) is 5.91 Å². The molecule has 1 aliphatic rings. The summed E-state index contributed by atoms with van der Waals surface area (Å²) in [5, 5.41) is 3.53. The molecule has 1 amide bonds. The van der Waals surface area contributed by atoms with Crippen molar-refractivity contribution in [2.24, 2.45) is 5.92 Å². The molecule has 0 radical (unpaired) electrons. The van der Waals surface area contributed by atoms with E-state index in [1.807, 2.05) is 30.3 Å². The van der Waals surface area contributed by atoms with Gasteiger partial charge >= 0.3 is 0 Å². The van der Waals surface area contributed by atoms with Gasteiger partial charge in [-0.1, -0.05) is 36.7 Å². The van der Waals surface area contributed by atoms with E-state index in [1.54, 1.807) is 18.2 Å². The molecule has 0 saturated carbocycles. The van der Waals surface area contributed by atoms with E-state index in [-0.39, 0.29) is 5.91 Å². The molecule has 4 nitrogen and oxygen atoms in total. The molecule has 3 rings (SSSR count). The van der Waals surface area contributed by atoms with Crippen LogP contribution in [0, 0.1) is 5.92 Å². The van der Waals surface area contributed by atoms with Crippen molar-refractivity contribution in [2.45, 2.75) is 19.8 Å². The van der Waals surface area contributed by atoms with Gasteiger partial charge in [0.1, 0.15) is 5.75 Å². The minimum absolute atomic E-state index is 0.00993. The maximum Gasteiger partial charge on any atom is 0.279 e. The minimum Gasteiger partial charge on any atom is -0.455 e. The molecule has 0 aliphatic carbocycles. The molecule has 2 aromatic rings. The van der Waals surface area contributed by atoms with Crippen LogP contribution in [0.2, 0.25) is 5.02 Å². The van der Waals surface area contributed by atoms with Gasteiger partial charge in [-0.15, -0.1) is 0 Å². The number of carbonyl (C=O) groups is 1. The summed E-state index contributed by atoms with van der Waals surface area (Å²) < 4.78 is 5.89. The third kappa shape index (κ3) is 5.21. The number of nitrogens with one attached hydrogen (secondary N) is 2. The molecule has 0 aromatic heterocycles. The third-order valence-corrected chi connectivity index (χ3v) is 4.70. The normalized spacial score (nSPS) is 20.1. The van der Waals surface area contributed by atoms with Gasteiger partial charge < -0.3 is 15.0 Å². The Morgan fingerprint density at radius 1 is 1.28 bits per heavy atom. The Balaban J connectivity index is 1.68. The number of amides is 1. The second kappa shape index (κ2) is 8.37. The number of piperidine rings is 1. The largest absolute Gasteiger partial charge is 0.455 e.